The van der Waals surface area contributed by atoms with Crippen LogP contribution in [0.5, 0.6) is 0 Å². The first-order chi connectivity index (χ1) is 31.5. The molecule has 18 heteroatoms. The number of carbonyl (C=O) groups excluding carboxylic acids is 6. The van der Waals surface area contributed by atoms with E-state index in [0.29, 0.717) is 91.6 Å². The Bertz CT molecular complexity index is 2690. The lowest BCUT2D eigenvalue weighted by Crippen LogP contribution is -2.54. The van der Waals surface area contributed by atoms with Gasteiger partial charge in [-0.3, -0.25) is 44.1 Å². The largest absolute Gasteiger partial charge is 0.384 e. The van der Waals surface area contributed by atoms with Crippen molar-refractivity contribution in [2.24, 2.45) is 0 Å². The molecule has 4 aliphatic rings. The number of piperazine rings is 1. The molecule has 16 nitrogen and oxygen atoms in total. The van der Waals surface area contributed by atoms with Crippen molar-refractivity contribution < 1.29 is 42.3 Å². The van der Waals surface area contributed by atoms with Crippen LogP contribution in [0.4, 0.5) is 31.7 Å². The molecule has 4 aromatic carbocycles. The number of H-pyrrole nitrogens is 1. The number of halogens is 2. The zero-order valence-corrected chi connectivity index (χ0v) is 35.4. The summed E-state index contributed by atoms with van der Waals surface area (Å²) in [7, 11) is 0. The van der Waals surface area contributed by atoms with E-state index in [1.807, 2.05) is 35.2 Å². The van der Waals surface area contributed by atoms with Crippen LogP contribution in [0, 0.1) is 11.6 Å². The minimum atomic E-state index is -1.06. The van der Waals surface area contributed by atoms with Gasteiger partial charge in [0.15, 0.2) is 5.82 Å². The van der Waals surface area contributed by atoms with E-state index in [9.17, 15) is 37.5 Å². The number of carbonyl (C=O) groups is 6. The normalized spacial score (nSPS) is 17.9. The van der Waals surface area contributed by atoms with Crippen LogP contribution in [0.1, 0.15) is 80.7 Å². The lowest BCUT2D eigenvalue weighted by molar-refractivity contribution is -0.136. The Kier molecular flexibility index (Phi) is 12.2. The highest BCUT2D eigenvalue weighted by atomic mass is 19.1. The van der Waals surface area contributed by atoms with Crippen molar-refractivity contribution in [2.45, 2.75) is 57.0 Å². The summed E-state index contributed by atoms with van der Waals surface area (Å²) in [6.45, 7) is 3.72. The van der Waals surface area contributed by atoms with Crippen molar-refractivity contribution in [3.05, 3.63) is 112 Å². The van der Waals surface area contributed by atoms with Gasteiger partial charge in [-0.2, -0.15) is 5.10 Å². The van der Waals surface area contributed by atoms with Crippen molar-refractivity contribution >= 4 is 69.2 Å². The van der Waals surface area contributed by atoms with E-state index in [1.54, 1.807) is 18.2 Å². The first kappa shape index (κ1) is 43.1. The number of rotatable bonds is 13. The maximum Gasteiger partial charge on any atom is 0.264 e. The Labute approximate surface area is 372 Å². The molecule has 0 radical (unpaired) electrons. The monoisotopic (exact) mass is 887 g/mol. The number of anilines is 4. The zero-order valence-electron chi connectivity index (χ0n) is 35.4. The summed E-state index contributed by atoms with van der Waals surface area (Å²) < 4.78 is 33.4. The van der Waals surface area contributed by atoms with Crippen LogP contribution in [0.25, 0.3) is 10.9 Å². The fourth-order valence-corrected chi connectivity index (χ4v) is 9.00. The molecule has 1 unspecified atom stereocenters. The molecule has 336 valence electrons. The van der Waals surface area contributed by atoms with Gasteiger partial charge in [-0.25, -0.2) is 8.78 Å². The predicted molar refractivity (Wildman–Crippen MR) is 237 cm³/mol. The van der Waals surface area contributed by atoms with Crippen molar-refractivity contribution in [1.29, 1.82) is 0 Å². The van der Waals surface area contributed by atoms with Gasteiger partial charge in [0.25, 0.3) is 17.7 Å². The molecule has 0 saturated carbocycles. The van der Waals surface area contributed by atoms with Gasteiger partial charge < -0.3 is 30.5 Å². The topological polar surface area (TPSA) is 198 Å². The Morgan fingerprint density at radius 1 is 0.831 bits per heavy atom. The average molecular weight is 888 g/mol. The van der Waals surface area contributed by atoms with Crippen LogP contribution in [0.15, 0.2) is 72.8 Å². The summed E-state index contributed by atoms with van der Waals surface area (Å²) in [4.78, 5) is 83.1. The lowest BCUT2D eigenvalue weighted by atomic mass is 10.0. The SMILES string of the molecule is O=C1CCC(N2C(=O)c3cccc(NCCCC(=O)N4CCN(c5ccc(C(=O)Nc6n[nH]c7ccc(Cc8cc(F)cc(F)c8)cc67)c(NC6CCOCC6)c5)CC4)c3C2=O)C(=O)N1. The number of benzene rings is 4. The molecule has 3 saturated heterocycles. The Hall–Kier alpha value is -7.21. The predicted octanol–water partition coefficient (Wildman–Crippen LogP) is 5.22. The number of aromatic amines is 1. The quantitative estimate of drug-likeness (QED) is 0.0768. The van der Waals surface area contributed by atoms with E-state index in [-0.39, 0.29) is 54.7 Å². The van der Waals surface area contributed by atoms with Crippen LogP contribution in [0.3, 0.4) is 0 Å². The summed E-state index contributed by atoms with van der Waals surface area (Å²) in [5.41, 5.74) is 4.73. The van der Waals surface area contributed by atoms with E-state index in [1.165, 1.54) is 18.2 Å². The molecule has 4 aliphatic heterocycles. The van der Waals surface area contributed by atoms with Crippen LogP contribution in [-0.4, -0.2) is 113 Å². The van der Waals surface area contributed by atoms with E-state index in [4.69, 9.17) is 4.74 Å². The van der Waals surface area contributed by atoms with Gasteiger partial charge in [0.2, 0.25) is 17.7 Å². The molecule has 9 rings (SSSR count). The molecule has 0 spiro atoms. The summed E-state index contributed by atoms with van der Waals surface area (Å²) >= 11 is 0. The van der Waals surface area contributed by atoms with Gasteiger partial charge in [0, 0.05) is 93.3 Å². The third-order valence-electron chi connectivity index (χ3n) is 12.4. The molecular formula is C47H47F2N9O7. The Morgan fingerprint density at radius 3 is 2.38 bits per heavy atom. The number of imide groups is 2. The molecule has 0 aliphatic carbocycles. The molecule has 65 heavy (non-hydrogen) atoms. The second-order valence-corrected chi connectivity index (χ2v) is 16.7. The fourth-order valence-electron chi connectivity index (χ4n) is 9.00. The maximum absolute atomic E-state index is 14.0. The highest BCUT2D eigenvalue weighted by Crippen LogP contribution is 2.33. The van der Waals surface area contributed by atoms with Gasteiger partial charge in [0.1, 0.15) is 17.7 Å². The zero-order chi connectivity index (χ0) is 45.2. The molecule has 5 heterocycles. The summed E-state index contributed by atoms with van der Waals surface area (Å²) in [5.74, 6) is -3.64. The van der Waals surface area contributed by atoms with E-state index in [0.717, 1.165) is 35.1 Å². The first-order valence-corrected chi connectivity index (χ1v) is 21.8. The molecule has 1 atom stereocenters. The molecule has 3 fully saturated rings. The van der Waals surface area contributed by atoms with E-state index >= 15 is 0 Å². The summed E-state index contributed by atoms with van der Waals surface area (Å²) in [6.07, 6.45) is 2.67. The number of amides is 6. The third kappa shape index (κ3) is 9.25. The fraction of sp³-hybridized carbons (Fsp3) is 0.340. The molecule has 5 aromatic rings. The number of ether oxygens (including phenoxy) is 1. The number of hydrogen-bond acceptors (Lipinski definition) is 11. The van der Waals surface area contributed by atoms with Gasteiger partial charge in [0.05, 0.1) is 22.2 Å². The van der Waals surface area contributed by atoms with Crippen molar-refractivity contribution in [3.8, 4) is 0 Å². The van der Waals surface area contributed by atoms with Gasteiger partial charge in [-0.1, -0.05) is 12.1 Å². The van der Waals surface area contributed by atoms with E-state index in [2.05, 4.69) is 36.4 Å². The molecular weight excluding hydrogens is 841 g/mol. The second kappa shape index (κ2) is 18.5. The number of fused-ring (bicyclic) bond motifs is 2. The van der Waals surface area contributed by atoms with Crippen LogP contribution < -0.4 is 26.2 Å². The number of hydrogen-bond donors (Lipinski definition) is 5. The first-order valence-electron chi connectivity index (χ1n) is 21.8. The van der Waals surface area contributed by atoms with Gasteiger partial charge in [-0.05, 0) is 97.8 Å². The minimum absolute atomic E-state index is 0.00482. The third-order valence-corrected chi connectivity index (χ3v) is 12.4. The van der Waals surface area contributed by atoms with Crippen molar-refractivity contribution in [3.63, 3.8) is 0 Å². The van der Waals surface area contributed by atoms with E-state index < -0.39 is 41.3 Å². The minimum Gasteiger partial charge on any atom is -0.384 e. The molecule has 5 N–H and O–H groups in total. The number of nitrogens with one attached hydrogen (secondary N) is 5. The van der Waals surface area contributed by atoms with Crippen LogP contribution in [-0.2, 0) is 25.5 Å². The highest BCUT2D eigenvalue weighted by Gasteiger charge is 2.45. The van der Waals surface area contributed by atoms with Crippen molar-refractivity contribution in [2.75, 3.05) is 66.8 Å². The highest BCUT2D eigenvalue weighted by molar-refractivity contribution is 6.25. The van der Waals surface area contributed by atoms with Crippen molar-refractivity contribution in [1.82, 2.24) is 25.3 Å². The van der Waals surface area contributed by atoms with Crippen LogP contribution >= 0.6 is 0 Å². The standard InChI is InChI=1S/C47H47F2N9O7/c48-29-22-28(23-30(49)25-29)21-27-6-9-36-35(24-27)43(55-54-36)53-44(61)33-8-7-32(26-38(33)51-31-12-19-65-20-13-31)56-15-17-57(18-16-56)41(60)5-2-14-50-37-4-1-3-34-42(37)47(64)58(46(34)63)39-10-11-40(59)52-45(39)62/h1,3-4,6-9,22-26,31,39,50-51H,2,5,10-21H2,(H,52,59,62)(H2,53,54,55,61). The molecule has 6 amide bonds. The Balaban J connectivity index is 0.811. The number of piperidine rings is 1. The van der Waals surface area contributed by atoms with Gasteiger partial charge >= 0.3 is 0 Å². The smallest absolute Gasteiger partial charge is 0.264 e. The molecule has 1 aromatic heterocycles. The summed E-state index contributed by atoms with van der Waals surface area (Å²) in [5, 5.41) is 19.9. The van der Waals surface area contributed by atoms with Crippen LogP contribution in [0.2, 0.25) is 0 Å². The summed E-state index contributed by atoms with van der Waals surface area (Å²) in [6, 6.07) is 18.5. The Morgan fingerprint density at radius 2 is 1.62 bits per heavy atom. The lowest BCUT2D eigenvalue weighted by Gasteiger charge is -2.36. The second-order valence-electron chi connectivity index (χ2n) is 16.7. The van der Waals surface area contributed by atoms with Gasteiger partial charge in [-0.15, -0.1) is 0 Å². The number of aromatic nitrogens is 2. The number of nitrogens with zero attached hydrogens (tertiary/aromatic N) is 4. The average Bonchev–Trinajstić information content (AvgIpc) is 3.81. The molecule has 0 bridgehead atoms. The maximum atomic E-state index is 14.0.